The van der Waals surface area contributed by atoms with Gasteiger partial charge in [-0.2, -0.15) is 0 Å². The molecular formula is C26H31N7O3. The minimum Gasteiger partial charge on any atom is -0.392 e. The quantitative estimate of drug-likeness (QED) is 0.448. The van der Waals surface area contributed by atoms with Crippen LogP contribution in [-0.4, -0.2) is 67.0 Å². The zero-order valence-electron chi connectivity index (χ0n) is 21.1. The van der Waals surface area contributed by atoms with Gasteiger partial charge in [-0.15, -0.1) is 15.0 Å². The molecule has 4 rings (SSSR count). The molecule has 0 saturated heterocycles. The number of anilines is 1. The van der Waals surface area contributed by atoms with Crippen molar-refractivity contribution in [3.05, 3.63) is 53.0 Å². The van der Waals surface area contributed by atoms with Gasteiger partial charge in [0.05, 0.1) is 18.0 Å². The Morgan fingerprint density at radius 3 is 2.58 bits per heavy atom. The zero-order valence-corrected chi connectivity index (χ0v) is 21.1. The molecule has 0 atom stereocenters. The molecule has 3 aromatic rings. The molecule has 2 N–H and O–H groups in total. The third kappa shape index (κ3) is 4.95. The molecule has 0 spiro atoms. The maximum atomic E-state index is 12.5. The number of carbonyl (C=O) groups is 1. The van der Waals surface area contributed by atoms with E-state index >= 15 is 0 Å². The van der Waals surface area contributed by atoms with Crippen LogP contribution in [0.1, 0.15) is 49.3 Å². The van der Waals surface area contributed by atoms with Gasteiger partial charge in [-0.1, -0.05) is 31.0 Å². The minimum atomic E-state index is -0.707. The monoisotopic (exact) mass is 489 g/mol. The summed E-state index contributed by atoms with van der Waals surface area (Å²) in [5.74, 6) is 0.951. The summed E-state index contributed by atoms with van der Waals surface area (Å²) < 4.78 is 0. The molecule has 1 aromatic carbocycles. The van der Waals surface area contributed by atoms with Crippen LogP contribution in [0.25, 0.3) is 11.4 Å². The first-order chi connectivity index (χ1) is 17.4. The van der Waals surface area contributed by atoms with E-state index in [1.165, 1.54) is 4.79 Å². The molecule has 36 heavy (non-hydrogen) atoms. The second kappa shape index (κ2) is 10.9. The lowest BCUT2D eigenvalue weighted by Crippen LogP contribution is -2.25. The summed E-state index contributed by atoms with van der Waals surface area (Å²) in [4.78, 5) is 30.0. The molecular weight excluding hydrogens is 458 g/mol. The maximum Gasteiger partial charge on any atom is 0.210 e. The van der Waals surface area contributed by atoms with E-state index in [1.54, 1.807) is 0 Å². The molecule has 0 unspecified atom stereocenters. The van der Waals surface area contributed by atoms with E-state index in [2.05, 4.69) is 33.9 Å². The lowest BCUT2D eigenvalue weighted by Gasteiger charge is -2.22. The second-order valence-electron chi connectivity index (χ2n) is 8.66. The van der Waals surface area contributed by atoms with Crippen molar-refractivity contribution >= 4 is 28.7 Å². The molecule has 0 amide bonds. The summed E-state index contributed by atoms with van der Waals surface area (Å²) in [5.41, 5.74) is 3.84. The predicted molar refractivity (Wildman–Crippen MR) is 139 cm³/mol. The number of nitrogens with zero attached hydrogens (tertiary/aromatic N) is 7. The van der Waals surface area contributed by atoms with Crippen LogP contribution < -0.4 is 4.90 Å². The molecule has 0 fully saturated rings. The number of aliphatic hydroxyl groups is 2. The Kier molecular flexibility index (Phi) is 7.66. The number of hydrogen-bond donors (Lipinski definition) is 2. The number of rotatable bonds is 10. The molecule has 0 bridgehead atoms. The number of ketones is 1. The van der Waals surface area contributed by atoms with Gasteiger partial charge in [-0.25, -0.2) is 15.0 Å². The highest BCUT2D eigenvalue weighted by Crippen LogP contribution is 2.27. The smallest absolute Gasteiger partial charge is 0.210 e. The third-order valence-corrected chi connectivity index (χ3v) is 6.07. The first-order valence-corrected chi connectivity index (χ1v) is 12.1. The topological polar surface area (TPSA) is 129 Å². The summed E-state index contributed by atoms with van der Waals surface area (Å²) in [6.07, 6.45) is 2.19. The van der Waals surface area contributed by atoms with Gasteiger partial charge in [-0.05, 0) is 51.0 Å². The third-order valence-electron chi connectivity index (χ3n) is 6.07. The van der Waals surface area contributed by atoms with E-state index in [-0.39, 0.29) is 23.9 Å². The molecule has 1 aliphatic rings. The molecule has 3 heterocycles. The fourth-order valence-corrected chi connectivity index (χ4v) is 4.02. The Balaban J connectivity index is 1.76. The fraction of sp³-hybridized carbons (Fsp3) is 0.385. The number of carbonyl (C=O) groups excluding carboxylic acids is 1. The molecule has 0 aliphatic carbocycles. The SMILES string of the molecule is CCCCN(CC)c1ccc(/N=C2/C(C(=O)CO)=Nn3nc(-c4cc(C)ccc4CO)nc32)c(C)n1. The minimum absolute atomic E-state index is 0.00715. The highest BCUT2D eigenvalue weighted by molar-refractivity contribution is 6.71. The normalized spacial score (nSPS) is 13.7. The van der Waals surface area contributed by atoms with Crippen molar-refractivity contribution in [1.82, 2.24) is 19.9 Å². The van der Waals surface area contributed by atoms with Crippen molar-refractivity contribution in [2.75, 3.05) is 24.6 Å². The number of aromatic nitrogens is 4. The van der Waals surface area contributed by atoms with Gasteiger partial charge >= 0.3 is 0 Å². The summed E-state index contributed by atoms with van der Waals surface area (Å²) in [6, 6.07) is 9.41. The Hall–Kier alpha value is -3.76. The van der Waals surface area contributed by atoms with Gasteiger partial charge in [0.2, 0.25) is 11.6 Å². The summed E-state index contributed by atoms with van der Waals surface area (Å²) in [6.45, 7) is 8.98. The number of aliphatic hydroxyl groups excluding tert-OH is 2. The average molecular weight is 490 g/mol. The van der Waals surface area contributed by atoms with Gasteiger partial charge in [0.25, 0.3) is 0 Å². The number of fused-ring (bicyclic) bond motifs is 1. The van der Waals surface area contributed by atoms with E-state index in [1.807, 2.05) is 44.2 Å². The van der Waals surface area contributed by atoms with Crippen LogP contribution >= 0.6 is 0 Å². The average Bonchev–Trinajstić information content (AvgIpc) is 3.44. The van der Waals surface area contributed by atoms with Crippen molar-refractivity contribution in [3.8, 4) is 11.4 Å². The molecule has 1 aliphatic heterocycles. The van der Waals surface area contributed by atoms with E-state index in [0.29, 0.717) is 28.3 Å². The largest absolute Gasteiger partial charge is 0.392 e. The van der Waals surface area contributed by atoms with Crippen molar-refractivity contribution in [2.45, 2.75) is 47.1 Å². The van der Waals surface area contributed by atoms with E-state index in [4.69, 9.17) is 9.98 Å². The highest BCUT2D eigenvalue weighted by atomic mass is 16.3. The number of pyridine rings is 1. The Bertz CT molecular complexity index is 1340. The fourth-order valence-electron chi connectivity index (χ4n) is 4.02. The van der Waals surface area contributed by atoms with Crippen molar-refractivity contribution in [3.63, 3.8) is 0 Å². The van der Waals surface area contributed by atoms with Gasteiger partial charge in [0.1, 0.15) is 18.1 Å². The van der Waals surface area contributed by atoms with Gasteiger partial charge in [-0.3, -0.25) is 4.79 Å². The molecule has 2 aromatic heterocycles. The first-order valence-electron chi connectivity index (χ1n) is 12.1. The molecule has 0 radical (unpaired) electrons. The Morgan fingerprint density at radius 2 is 1.92 bits per heavy atom. The summed E-state index contributed by atoms with van der Waals surface area (Å²) in [5, 5.41) is 28.0. The number of aryl methyl sites for hydroxylation is 2. The van der Waals surface area contributed by atoms with E-state index in [0.717, 1.165) is 37.3 Å². The van der Waals surface area contributed by atoms with Crippen LogP contribution in [0.2, 0.25) is 0 Å². The van der Waals surface area contributed by atoms with Gasteiger partial charge in [0.15, 0.2) is 11.5 Å². The van der Waals surface area contributed by atoms with Crippen LogP contribution in [0, 0.1) is 13.8 Å². The lowest BCUT2D eigenvalue weighted by atomic mass is 10.0. The van der Waals surface area contributed by atoms with Crippen molar-refractivity contribution in [2.24, 2.45) is 10.1 Å². The van der Waals surface area contributed by atoms with Crippen LogP contribution in [0.4, 0.5) is 11.5 Å². The van der Waals surface area contributed by atoms with Crippen molar-refractivity contribution < 1.29 is 15.0 Å². The van der Waals surface area contributed by atoms with Gasteiger partial charge in [0, 0.05) is 18.7 Å². The number of hydrogen-bond acceptors (Lipinski definition) is 9. The summed E-state index contributed by atoms with van der Waals surface area (Å²) >= 11 is 0. The number of aliphatic imine (C=N–C) groups is 1. The number of benzene rings is 1. The maximum absolute atomic E-state index is 12.5. The van der Waals surface area contributed by atoms with E-state index in [9.17, 15) is 15.0 Å². The number of unbranched alkanes of at least 4 members (excludes halogenated alkanes) is 1. The van der Waals surface area contributed by atoms with Crippen LogP contribution in [0.5, 0.6) is 0 Å². The molecule has 10 nitrogen and oxygen atoms in total. The molecule has 0 saturated carbocycles. The lowest BCUT2D eigenvalue weighted by molar-refractivity contribution is -0.115. The first kappa shape index (κ1) is 25.3. The predicted octanol–water partition coefficient (Wildman–Crippen LogP) is 2.98. The Morgan fingerprint density at radius 1 is 1.11 bits per heavy atom. The van der Waals surface area contributed by atoms with Crippen LogP contribution in [-0.2, 0) is 11.4 Å². The molecule has 10 heteroatoms. The van der Waals surface area contributed by atoms with E-state index < -0.39 is 12.4 Å². The Labute approximate surface area is 210 Å². The molecule has 188 valence electrons. The highest BCUT2D eigenvalue weighted by Gasteiger charge is 2.32. The van der Waals surface area contributed by atoms with Crippen LogP contribution in [0.15, 0.2) is 40.4 Å². The second-order valence-corrected chi connectivity index (χ2v) is 8.66. The zero-order chi connectivity index (χ0) is 25.8. The standard InChI is InChI=1S/C26H31N7O3/c1-5-7-12-32(6-2)22-11-10-20(17(4)27-22)28-24-23(21(36)15-35)30-33-26(24)29-25(31-33)19-13-16(3)8-9-18(19)14-34/h8-11,13,34-35H,5-7,12,14-15H2,1-4H3/b28-24-. The van der Waals surface area contributed by atoms with Crippen molar-refractivity contribution in [1.29, 1.82) is 0 Å². The number of Topliss-reactive ketones (excluding diaryl/α,β-unsaturated/α-hetero) is 1. The summed E-state index contributed by atoms with van der Waals surface area (Å²) in [7, 11) is 0. The van der Waals surface area contributed by atoms with Gasteiger partial charge < -0.3 is 15.1 Å². The van der Waals surface area contributed by atoms with Crippen LogP contribution in [0.3, 0.4) is 0 Å².